The Morgan fingerprint density at radius 1 is 0.900 bits per heavy atom. The number of carbonyl (C=O) groups is 3. The number of hydrogen-bond acceptors (Lipinski definition) is 4. The van der Waals surface area contributed by atoms with E-state index in [1.807, 2.05) is 36.4 Å². The first-order chi connectivity index (χ1) is 14.6. The van der Waals surface area contributed by atoms with E-state index in [2.05, 4.69) is 10.6 Å². The van der Waals surface area contributed by atoms with Crippen molar-refractivity contribution >= 4 is 17.8 Å². The molecule has 2 aromatic rings. The van der Waals surface area contributed by atoms with Gasteiger partial charge in [0.1, 0.15) is 6.04 Å². The first-order valence-electron chi connectivity index (χ1n) is 10.5. The van der Waals surface area contributed by atoms with Crippen molar-refractivity contribution in [1.82, 2.24) is 10.6 Å². The molecule has 2 N–H and O–H groups in total. The standard InChI is InChI=1S/C24H28N2O4/c27-22(25-20-14-8-3-9-15-20)17-30-24(29)21(16-18-10-4-1-5-11-18)26-23(28)19-12-6-2-7-13-19/h1-2,4-7,10-13,20-21H,3,8-9,14-17H2,(H,25,27)(H,26,28). The third-order valence-electron chi connectivity index (χ3n) is 5.22. The van der Waals surface area contributed by atoms with Gasteiger partial charge in [0.05, 0.1) is 0 Å². The Balaban J connectivity index is 1.59. The Morgan fingerprint density at radius 3 is 2.20 bits per heavy atom. The van der Waals surface area contributed by atoms with E-state index < -0.39 is 12.0 Å². The fraction of sp³-hybridized carbons (Fsp3) is 0.375. The van der Waals surface area contributed by atoms with Gasteiger partial charge in [0.25, 0.3) is 11.8 Å². The topological polar surface area (TPSA) is 84.5 Å². The average molecular weight is 408 g/mol. The van der Waals surface area contributed by atoms with Gasteiger partial charge in [-0.25, -0.2) is 4.79 Å². The normalized spacial score (nSPS) is 15.1. The summed E-state index contributed by atoms with van der Waals surface area (Å²) in [6, 6.07) is 17.3. The Labute approximate surface area is 177 Å². The van der Waals surface area contributed by atoms with E-state index in [0.29, 0.717) is 5.56 Å². The van der Waals surface area contributed by atoms with Crippen molar-refractivity contribution in [2.45, 2.75) is 50.6 Å². The highest BCUT2D eigenvalue weighted by molar-refractivity contribution is 5.97. The molecule has 0 spiro atoms. The number of amides is 2. The molecule has 0 aromatic heterocycles. The van der Waals surface area contributed by atoms with Crippen molar-refractivity contribution in [1.29, 1.82) is 0 Å². The molecule has 0 bridgehead atoms. The van der Waals surface area contributed by atoms with Gasteiger partial charge in [0.2, 0.25) is 0 Å². The molecule has 0 aliphatic heterocycles. The number of esters is 1. The van der Waals surface area contributed by atoms with Crippen molar-refractivity contribution in [2.24, 2.45) is 0 Å². The maximum absolute atomic E-state index is 12.7. The molecule has 6 nitrogen and oxygen atoms in total. The van der Waals surface area contributed by atoms with Crippen molar-refractivity contribution < 1.29 is 19.1 Å². The molecule has 6 heteroatoms. The number of hydrogen-bond donors (Lipinski definition) is 2. The molecule has 1 atom stereocenters. The second-order valence-electron chi connectivity index (χ2n) is 7.59. The number of ether oxygens (including phenoxy) is 1. The van der Waals surface area contributed by atoms with Crippen molar-refractivity contribution in [3.8, 4) is 0 Å². The Bertz CT molecular complexity index is 833. The molecule has 1 fully saturated rings. The molecule has 0 radical (unpaired) electrons. The van der Waals surface area contributed by atoms with Gasteiger partial charge >= 0.3 is 5.97 Å². The van der Waals surface area contributed by atoms with E-state index in [-0.39, 0.29) is 30.9 Å². The minimum absolute atomic E-state index is 0.155. The van der Waals surface area contributed by atoms with E-state index in [1.165, 1.54) is 6.42 Å². The lowest BCUT2D eigenvalue weighted by Crippen LogP contribution is -2.45. The summed E-state index contributed by atoms with van der Waals surface area (Å²) in [5.74, 6) is -1.29. The van der Waals surface area contributed by atoms with Crippen molar-refractivity contribution in [3.63, 3.8) is 0 Å². The van der Waals surface area contributed by atoms with E-state index >= 15 is 0 Å². The van der Waals surface area contributed by atoms with Gasteiger partial charge in [-0.3, -0.25) is 9.59 Å². The van der Waals surface area contributed by atoms with Crippen LogP contribution >= 0.6 is 0 Å². The van der Waals surface area contributed by atoms with Crippen LogP contribution in [0.2, 0.25) is 0 Å². The van der Waals surface area contributed by atoms with Gasteiger partial charge in [-0.15, -0.1) is 0 Å². The van der Waals surface area contributed by atoms with Crippen LogP contribution in [0.1, 0.15) is 48.0 Å². The van der Waals surface area contributed by atoms with Crippen LogP contribution in [0.5, 0.6) is 0 Å². The highest BCUT2D eigenvalue weighted by atomic mass is 16.5. The predicted octanol–water partition coefficient (Wildman–Crippen LogP) is 3.02. The van der Waals surface area contributed by atoms with E-state index in [0.717, 1.165) is 31.2 Å². The summed E-state index contributed by atoms with van der Waals surface area (Å²) >= 11 is 0. The maximum Gasteiger partial charge on any atom is 0.329 e. The largest absolute Gasteiger partial charge is 0.454 e. The zero-order chi connectivity index (χ0) is 21.2. The second-order valence-corrected chi connectivity index (χ2v) is 7.59. The molecular formula is C24H28N2O4. The summed E-state index contributed by atoms with van der Waals surface area (Å²) in [7, 11) is 0. The lowest BCUT2D eigenvalue weighted by atomic mass is 9.95. The molecule has 1 saturated carbocycles. The van der Waals surface area contributed by atoms with Crippen LogP contribution in [-0.4, -0.2) is 36.5 Å². The van der Waals surface area contributed by atoms with Gasteiger partial charge in [0, 0.05) is 18.0 Å². The Hall–Kier alpha value is -3.15. The molecular weight excluding hydrogens is 380 g/mol. The molecule has 3 rings (SSSR count). The molecule has 30 heavy (non-hydrogen) atoms. The number of nitrogens with one attached hydrogen (secondary N) is 2. The molecule has 2 aromatic carbocycles. The molecule has 158 valence electrons. The third kappa shape index (κ3) is 6.72. The quantitative estimate of drug-likeness (QED) is 0.658. The Morgan fingerprint density at radius 2 is 1.53 bits per heavy atom. The molecule has 0 saturated heterocycles. The Kier molecular flexibility index (Phi) is 8.01. The van der Waals surface area contributed by atoms with Gasteiger partial charge in [-0.2, -0.15) is 0 Å². The van der Waals surface area contributed by atoms with Gasteiger partial charge in [-0.05, 0) is 30.5 Å². The summed E-state index contributed by atoms with van der Waals surface area (Å²) in [6.45, 7) is -0.345. The highest BCUT2D eigenvalue weighted by Crippen LogP contribution is 2.17. The summed E-state index contributed by atoms with van der Waals surface area (Å²) in [5.41, 5.74) is 1.35. The average Bonchev–Trinajstić information content (AvgIpc) is 2.79. The lowest BCUT2D eigenvalue weighted by Gasteiger charge is -2.23. The third-order valence-corrected chi connectivity index (χ3v) is 5.22. The molecule has 1 unspecified atom stereocenters. The van der Waals surface area contributed by atoms with E-state index in [4.69, 9.17) is 4.74 Å². The fourth-order valence-corrected chi connectivity index (χ4v) is 3.63. The van der Waals surface area contributed by atoms with Gasteiger partial charge in [-0.1, -0.05) is 67.8 Å². The van der Waals surface area contributed by atoms with Crippen LogP contribution in [-0.2, 0) is 20.7 Å². The second kappa shape index (κ2) is 11.1. The first-order valence-corrected chi connectivity index (χ1v) is 10.5. The lowest BCUT2D eigenvalue weighted by molar-refractivity contribution is -0.150. The summed E-state index contributed by atoms with van der Waals surface area (Å²) in [5, 5.41) is 5.67. The van der Waals surface area contributed by atoms with E-state index in [1.54, 1.807) is 24.3 Å². The molecule has 0 heterocycles. The minimum Gasteiger partial charge on any atom is -0.454 e. The predicted molar refractivity (Wildman–Crippen MR) is 114 cm³/mol. The SMILES string of the molecule is O=C(COC(=O)C(Cc1ccccc1)NC(=O)c1ccccc1)NC1CCCCC1. The number of rotatable bonds is 8. The van der Waals surface area contributed by atoms with Crippen LogP contribution in [0.15, 0.2) is 60.7 Å². The van der Waals surface area contributed by atoms with E-state index in [9.17, 15) is 14.4 Å². The van der Waals surface area contributed by atoms with Crippen LogP contribution < -0.4 is 10.6 Å². The zero-order valence-corrected chi connectivity index (χ0v) is 17.0. The first kappa shape index (κ1) is 21.6. The summed E-state index contributed by atoms with van der Waals surface area (Å²) in [6.07, 6.45) is 5.61. The summed E-state index contributed by atoms with van der Waals surface area (Å²) in [4.78, 5) is 37.4. The minimum atomic E-state index is -0.886. The molecule has 2 amide bonds. The molecule has 1 aliphatic carbocycles. The van der Waals surface area contributed by atoms with Crippen molar-refractivity contribution in [3.05, 3.63) is 71.8 Å². The van der Waals surface area contributed by atoms with Crippen LogP contribution in [0.25, 0.3) is 0 Å². The summed E-state index contributed by atoms with van der Waals surface area (Å²) < 4.78 is 5.25. The van der Waals surface area contributed by atoms with Crippen LogP contribution in [0.4, 0.5) is 0 Å². The number of benzene rings is 2. The highest BCUT2D eigenvalue weighted by Gasteiger charge is 2.25. The van der Waals surface area contributed by atoms with Crippen LogP contribution in [0.3, 0.4) is 0 Å². The molecule has 1 aliphatic rings. The van der Waals surface area contributed by atoms with Gasteiger partial charge < -0.3 is 15.4 Å². The zero-order valence-electron chi connectivity index (χ0n) is 17.0. The monoisotopic (exact) mass is 408 g/mol. The maximum atomic E-state index is 12.7. The van der Waals surface area contributed by atoms with Gasteiger partial charge in [0.15, 0.2) is 6.61 Å². The van der Waals surface area contributed by atoms with Crippen LogP contribution in [0, 0.1) is 0 Å². The smallest absolute Gasteiger partial charge is 0.329 e. The van der Waals surface area contributed by atoms with Crippen molar-refractivity contribution in [2.75, 3.05) is 6.61 Å². The number of carbonyl (C=O) groups excluding carboxylic acids is 3. The fourth-order valence-electron chi connectivity index (χ4n) is 3.63.